The predicted molar refractivity (Wildman–Crippen MR) is 81.6 cm³/mol. The van der Waals surface area contributed by atoms with Gasteiger partial charge in [-0.1, -0.05) is 6.07 Å². The Balaban J connectivity index is 1.84. The maximum Gasteiger partial charge on any atom is 0.234 e. The average molecular weight is 325 g/mol. The Hall–Kier alpha value is -2.02. The summed E-state index contributed by atoms with van der Waals surface area (Å²) in [4.78, 5) is 27.0. The number of nitrogens with zero attached hydrogens (tertiary/aromatic N) is 2. The highest BCUT2D eigenvalue weighted by Crippen LogP contribution is 2.17. The molecule has 5 nitrogen and oxygen atoms in total. The summed E-state index contributed by atoms with van der Waals surface area (Å²) >= 11 is 0. The van der Waals surface area contributed by atoms with Crippen molar-refractivity contribution in [3.63, 3.8) is 0 Å². The molecule has 7 heteroatoms. The molecular weight excluding hydrogens is 304 g/mol. The van der Waals surface area contributed by atoms with Gasteiger partial charge in [-0.15, -0.1) is 0 Å². The highest BCUT2D eigenvalue weighted by atomic mass is 19.1. The molecule has 1 N–H and O–H groups in total. The highest BCUT2D eigenvalue weighted by molar-refractivity contribution is 5.78. The monoisotopic (exact) mass is 325 g/mol. The van der Waals surface area contributed by atoms with Crippen LogP contribution in [0.3, 0.4) is 0 Å². The van der Waals surface area contributed by atoms with Crippen LogP contribution in [-0.4, -0.2) is 54.3 Å². The van der Waals surface area contributed by atoms with E-state index in [4.69, 9.17) is 0 Å². The zero-order valence-corrected chi connectivity index (χ0v) is 13.3. The zero-order valence-electron chi connectivity index (χ0n) is 13.3. The molecule has 0 spiro atoms. The fraction of sp³-hybridized carbons (Fsp3) is 0.500. The van der Waals surface area contributed by atoms with Crippen molar-refractivity contribution in [2.75, 3.05) is 32.7 Å². The molecule has 126 valence electrons. The first kappa shape index (κ1) is 17.3. The van der Waals surface area contributed by atoms with Crippen molar-refractivity contribution < 1.29 is 18.4 Å². The molecule has 0 unspecified atom stereocenters. The minimum absolute atomic E-state index is 0.0366. The van der Waals surface area contributed by atoms with Crippen molar-refractivity contribution in [2.24, 2.45) is 0 Å². The first-order chi connectivity index (χ1) is 10.9. The fourth-order valence-corrected chi connectivity index (χ4v) is 2.64. The Morgan fingerprint density at radius 3 is 2.43 bits per heavy atom. The van der Waals surface area contributed by atoms with Gasteiger partial charge in [-0.05, 0) is 13.0 Å². The van der Waals surface area contributed by atoms with E-state index in [2.05, 4.69) is 5.32 Å². The lowest BCUT2D eigenvalue weighted by molar-refractivity contribution is -0.131. The second kappa shape index (κ2) is 7.50. The van der Waals surface area contributed by atoms with Crippen molar-refractivity contribution in [3.8, 4) is 0 Å². The average Bonchev–Trinajstić information content (AvgIpc) is 2.47. The van der Waals surface area contributed by atoms with Crippen LogP contribution in [0.1, 0.15) is 25.5 Å². The molecule has 0 aromatic heterocycles. The lowest BCUT2D eigenvalue weighted by Gasteiger charge is -2.33. The summed E-state index contributed by atoms with van der Waals surface area (Å²) in [6, 6.07) is 2.77. The number of hydrogen-bond acceptors (Lipinski definition) is 3. The molecule has 2 rings (SSSR count). The molecule has 1 aliphatic rings. The lowest BCUT2D eigenvalue weighted by Crippen LogP contribution is -2.50. The number of hydrogen-bond donors (Lipinski definition) is 1. The first-order valence-electron chi connectivity index (χ1n) is 7.59. The van der Waals surface area contributed by atoms with Crippen molar-refractivity contribution in [1.82, 2.24) is 15.1 Å². The Morgan fingerprint density at radius 1 is 1.22 bits per heavy atom. The lowest BCUT2D eigenvalue weighted by atomic mass is 10.1. The van der Waals surface area contributed by atoms with Crippen molar-refractivity contribution in [1.29, 1.82) is 0 Å². The number of carbonyl (C=O) groups is 2. The van der Waals surface area contributed by atoms with E-state index in [-0.39, 0.29) is 23.9 Å². The van der Waals surface area contributed by atoms with Gasteiger partial charge in [-0.25, -0.2) is 8.78 Å². The van der Waals surface area contributed by atoms with Crippen molar-refractivity contribution in [2.45, 2.75) is 19.9 Å². The number of benzene rings is 1. The Labute approximate surface area is 134 Å². The summed E-state index contributed by atoms with van der Waals surface area (Å²) < 4.78 is 26.6. The number of rotatable bonds is 4. The molecule has 1 aromatic rings. The highest BCUT2D eigenvalue weighted by Gasteiger charge is 2.21. The second-order valence-corrected chi connectivity index (χ2v) is 5.74. The van der Waals surface area contributed by atoms with Gasteiger partial charge in [0.15, 0.2) is 0 Å². The summed E-state index contributed by atoms with van der Waals surface area (Å²) in [6.07, 6.45) is 0. The number of nitrogens with one attached hydrogen (secondary N) is 1. The van der Waals surface area contributed by atoms with Crippen LogP contribution in [0.25, 0.3) is 0 Å². The van der Waals surface area contributed by atoms with Gasteiger partial charge in [0.2, 0.25) is 11.8 Å². The summed E-state index contributed by atoms with van der Waals surface area (Å²) in [5.41, 5.74) is 0.251. The number of carbonyl (C=O) groups excluding carboxylic acids is 2. The molecule has 1 saturated heterocycles. The van der Waals surface area contributed by atoms with Gasteiger partial charge >= 0.3 is 0 Å². The summed E-state index contributed by atoms with van der Waals surface area (Å²) in [7, 11) is 0. The normalized spacial score (nSPS) is 17.0. The van der Waals surface area contributed by atoms with Gasteiger partial charge in [0.1, 0.15) is 11.6 Å². The Kier molecular flexibility index (Phi) is 5.65. The SMILES string of the molecule is CC(=O)N1CCN(CC(=O)N[C@H](C)c2ccc(F)cc2F)CC1. The molecule has 1 heterocycles. The van der Waals surface area contributed by atoms with Crippen LogP contribution in [0, 0.1) is 11.6 Å². The van der Waals surface area contributed by atoms with E-state index < -0.39 is 17.7 Å². The van der Waals surface area contributed by atoms with E-state index in [0.29, 0.717) is 26.2 Å². The zero-order chi connectivity index (χ0) is 17.0. The molecule has 0 aliphatic carbocycles. The predicted octanol–water partition coefficient (Wildman–Crippen LogP) is 1.31. The second-order valence-electron chi connectivity index (χ2n) is 5.74. The molecule has 0 bridgehead atoms. The smallest absolute Gasteiger partial charge is 0.234 e. The van der Waals surface area contributed by atoms with Crippen LogP contribution >= 0.6 is 0 Å². The van der Waals surface area contributed by atoms with E-state index in [1.54, 1.807) is 11.8 Å². The molecule has 23 heavy (non-hydrogen) atoms. The molecule has 1 fully saturated rings. The first-order valence-corrected chi connectivity index (χ1v) is 7.59. The molecule has 1 atom stereocenters. The molecule has 1 aliphatic heterocycles. The summed E-state index contributed by atoms with van der Waals surface area (Å²) in [6.45, 7) is 5.84. The van der Waals surface area contributed by atoms with E-state index in [9.17, 15) is 18.4 Å². The fourth-order valence-electron chi connectivity index (χ4n) is 2.64. The van der Waals surface area contributed by atoms with Gasteiger partial charge in [0, 0.05) is 44.7 Å². The third-order valence-corrected chi connectivity index (χ3v) is 3.99. The largest absolute Gasteiger partial charge is 0.348 e. The molecule has 0 radical (unpaired) electrons. The van der Waals surface area contributed by atoms with Gasteiger partial charge in [0.05, 0.1) is 12.6 Å². The van der Waals surface area contributed by atoms with E-state index in [0.717, 1.165) is 6.07 Å². The Morgan fingerprint density at radius 2 is 1.87 bits per heavy atom. The number of halogens is 2. The van der Waals surface area contributed by atoms with Crippen LogP contribution in [0.2, 0.25) is 0 Å². The molecular formula is C16H21F2N3O2. The van der Waals surface area contributed by atoms with Gasteiger partial charge < -0.3 is 10.2 Å². The van der Waals surface area contributed by atoms with Crippen molar-refractivity contribution in [3.05, 3.63) is 35.4 Å². The van der Waals surface area contributed by atoms with Crippen LogP contribution < -0.4 is 5.32 Å². The van der Waals surface area contributed by atoms with E-state index >= 15 is 0 Å². The minimum atomic E-state index is -0.673. The number of piperazine rings is 1. The summed E-state index contributed by atoms with van der Waals surface area (Å²) in [5.74, 6) is -1.51. The molecule has 0 saturated carbocycles. The standard InChI is InChI=1S/C16H21F2N3O2/c1-11(14-4-3-13(17)9-15(14)18)19-16(23)10-20-5-7-21(8-6-20)12(2)22/h3-4,9,11H,5-8,10H2,1-2H3,(H,19,23)/t11-/m1/s1. The van der Waals surface area contributed by atoms with Crippen LogP contribution in [0.4, 0.5) is 8.78 Å². The quantitative estimate of drug-likeness (QED) is 0.908. The summed E-state index contributed by atoms with van der Waals surface area (Å²) in [5, 5.41) is 2.71. The van der Waals surface area contributed by atoms with Crippen LogP contribution in [-0.2, 0) is 9.59 Å². The molecule has 1 aromatic carbocycles. The number of amides is 2. The third-order valence-electron chi connectivity index (χ3n) is 3.99. The van der Waals surface area contributed by atoms with Gasteiger partial charge in [-0.2, -0.15) is 0 Å². The maximum absolute atomic E-state index is 13.7. The van der Waals surface area contributed by atoms with E-state index in [1.165, 1.54) is 19.1 Å². The maximum atomic E-state index is 13.7. The Bertz CT molecular complexity index is 587. The van der Waals surface area contributed by atoms with Crippen LogP contribution in [0.15, 0.2) is 18.2 Å². The molecule has 2 amide bonds. The van der Waals surface area contributed by atoms with Gasteiger partial charge in [-0.3, -0.25) is 14.5 Å². The van der Waals surface area contributed by atoms with Crippen LogP contribution in [0.5, 0.6) is 0 Å². The van der Waals surface area contributed by atoms with Gasteiger partial charge in [0.25, 0.3) is 0 Å². The minimum Gasteiger partial charge on any atom is -0.348 e. The third kappa shape index (κ3) is 4.72. The topological polar surface area (TPSA) is 52.7 Å². The van der Waals surface area contributed by atoms with E-state index in [1.807, 2.05) is 4.90 Å². The van der Waals surface area contributed by atoms with Crippen molar-refractivity contribution >= 4 is 11.8 Å².